The highest BCUT2D eigenvalue weighted by molar-refractivity contribution is 5.76. The summed E-state index contributed by atoms with van der Waals surface area (Å²) in [4.78, 5) is 0. The van der Waals surface area contributed by atoms with E-state index in [4.69, 9.17) is 0 Å². The van der Waals surface area contributed by atoms with E-state index in [1.807, 2.05) is 25.2 Å². The van der Waals surface area contributed by atoms with Gasteiger partial charge in [-0.15, -0.1) is 0 Å². The second-order valence-electron chi connectivity index (χ2n) is 6.18. The largest absolute Gasteiger partial charge is 0.385 e. The van der Waals surface area contributed by atoms with Crippen molar-refractivity contribution in [2.45, 2.75) is 39.2 Å². The molecule has 1 heteroatoms. The zero-order valence-electron chi connectivity index (χ0n) is 12.1. The van der Waals surface area contributed by atoms with Gasteiger partial charge in [0.05, 0.1) is 6.10 Å². The Balaban J connectivity index is 2.31. The molecule has 1 aromatic carbocycles. The average molecular weight is 254 g/mol. The van der Waals surface area contributed by atoms with Gasteiger partial charge in [0, 0.05) is 0 Å². The molecule has 0 aromatic heterocycles. The summed E-state index contributed by atoms with van der Waals surface area (Å²) in [7, 11) is 0. The van der Waals surface area contributed by atoms with E-state index in [9.17, 15) is 5.11 Å². The Labute approximate surface area is 116 Å². The molecule has 0 amide bonds. The molecule has 1 aliphatic rings. The van der Waals surface area contributed by atoms with Crippen LogP contribution in [0.5, 0.6) is 0 Å². The second kappa shape index (κ2) is 5.18. The number of allylic oxidation sites excluding steroid dienone is 4. The highest BCUT2D eigenvalue weighted by atomic mass is 16.3. The van der Waals surface area contributed by atoms with Crippen LogP contribution in [0.1, 0.15) is 38.8 Å². The van der Waals surface area contributed by atoms with Gasteiger partial charge in [-0.05, 0) is 41.2 Å². The van der Waals surface area contributed by atoms with Crippen LogP contribution in [0.25, 0.3) is 5.57 Å². The van der Waals surface area contributed by atoms with Crippen LogP contribution in [-0.2, 0) is 5.41 Å². The van der Waals surface area contributed by atoms with Crippen LogP contribution in [0.3, 0.4) is 0 Å². The van der Waals surface area contributed by atoms with Crippen LogP contribution < -0.4 is 0 Å². The van der Waals surface area contributed by atoms with E-state index in [1.54, 1.807) is 0 Å². The molecule has 0 radical (unpaired) electrons. The number of aliphatic hydroxyl groups is 1. The van der Waals surface area contributed by atoms with Gasteiger partial charge >= 0.3 is 0 Å². The summed E-state index contributed by atoms with van der Waals surface area (Å²) in [6, 6.07) is 8.59. The molecule has 19 heavy (non-hydrogen) atoms. The third kappa shape index (κ3) is 3.45. The van der Waals surface area contributed by atoms with Gasteiger partial charge in [0.25, 0.3) is 0 Å². The number of hydrogen-bond acceptors (Lipinski definition) is 1. The molecule has 100 valence electrons. The lowest BCUT2D eigenvalue weighted by Gasteiger charge is -2.19. The number of aliphatic hydroxyl groups excluding tert-OH is 1. The molecule has 0 fully saturated rings. The van der Waals surface area contributed by atoms with Crippen LogP contribution in [0.2, 0.25) is 0 Å². The van der Waals surface area contributed by atoms with Crippen molar-refractivity contribution in [2.24, 2.45) is 0 Å². The van der Waals surface area contributed by atoms with Gasteiger partial charge in [0.1, 0.15) is 0 Å². The van der Waals surface area contributed by atoms with Gasteiger partial charge < -0.3 is 5.11 Å². The maximum atomic E-state index is 9.88. The Kier molecular flexibility index (Phi) is 3.77. The molecule has 0 heterocycles. The number of hydrogen-bond donors (Lipinski definition) is 1. The predicted octanol–water partition coefficient (Wildman–Crippen LogP) is 4.24. The fourth-order valence-corrected chi connectivity index (χ4v) is 2.19. The Morgan fingerprint density at radius 1 is 0.947 bits per heavy atom. The zero-order chi connectivity index (χ0) is 14.0. The lowest BCUT2D eigenvalue weighted by atomic mass is 9.86. The van der Waals surface area contributed by atoms with Crippen molar-refractivity contribution in [3.05, 3.63) is 65.3 Å². The summed E-state index contributed by atoms with van der Waals surface area (Å²) in [5.41, 5.74) is 4.80. The van der Waals surface area contributed by atoms with E-state index in [-0.39, 0.29) is 5.41 Å². The van der Waals surface area contributed by atoms with Crippen molar-refractivity contribution in [2.75, 3.05) is 0 Å². The van der Waals surface area contributed by atoms with Crippen LogP contribution >= 0.6 is 0 Å². The molecule has 0 saturated heterocycles. The number of benzene rings is 1. The molecule has 1 atom stereocenters. The van der Waals surface area contributed by atoms with Gasteiger partial charge in [-0.2, -0.15) is 0 Å². The molecular formula is C18H22O. The summed E-state index contributed by atoms with van der Waals surface area (Å²) < 4.78 is 0. The Morgan fingerprint density at radius 2 is 1.58 bits per heavy atom. The van der Waals surface area contributed by atoms with Crippen LogP contribution in [0.4, 0.5) is 0 Å². The third-order valence-corrected chi connectivity index (χ3v) is 3.39. The van der Waals surface area contributed by atoms with Crippen LogP contribution in [0.15, 0.2) is 54.1 Å². The Bertz CT molecular complexity index is 536. The first kappa shape index (κ1) is 13.8. The molecule has 1 N–H and O–H groups in total. The summed E-state index contributed by atoms with van der Waals surface area (Å²) in [5, 5.41) is 9.88. The lowest BCUT2D eigenvalue weighted by molar-refractivity contribution is 0.271. The first-order valence-electron chi connectivity index (χ1n) is 6.73. The Hall–Kier alpha value is -1.60. The fourth-order valence-electron chi connectivity index (χ4n) is 2.19. The first-order chi connectivity index (χ1) is 8.86. The molecular weight excluding hydrogens is 232 g/mol. The van der Waals surface area contributed by atoms with Gasteiger partial charge in [0.15, 0.2) is 0 Å². The van der Waals surface area contributed by atoms with E-state index in [1.165, 1.54) is 5.56 Å². The van der Waals surface area contributed by atoms with E-state index < -0.39 is 6.10 Å². The van der Waals surface area contributed by atoms with Crippen molar-refractivity contribution < 1.29 is 5.11 Å². The minimum atomic E-state index is -0.507. The standard InChI is InChI=1S/C18H22O/c1-13-5-6-15(12-17(19)11-13)14-7-9-16(10-8-14)18(2,3)4/h5-12,17,19H,1-4H3. The smallest absolute Gasteiger partial charge is 0.0917 e. The zero-order valence-corrected chi connectivity index (χ0v) is 12.1. The molecule has 1 unspecified atom stereocenters. The van der Waals surface area contributed by atoms with Gasteiger partial charge in [-0.1, -0.05) is 62.8 Å². The predicted molar refractivity (Wildman–Crippen MR) is 82.0 cm³/mol. The highest BCUT2D eigenvalue weighted by Gasteiger charge is 2.13. The van der Waals surface area contributed by atoms with Crippen molar-refractivity contribution >= 4 is 5.57 Å². The van der Waals surface area contributed by atoms with Crippen molar-refractivity contribution in [3.63, 3.8) is 0 Å². The van der Waals surface area contributed by atoms with Crippen LogP contribution in [0, 0.1) is 0 Å². The fraction of sp³-hybridized carbons (Fsp3) is 0.333. The van der Waals surface area contributed by atoms with Gasteiger partial charge in [-0.25, -0.2) is 0 Å². The van der Waals surface area contributed by atoms with E-state index in [0.29, 0.717) is 0 Å². The van der Waals surface area contributed by atoms with E-state index in [2.05, 4.69) is 51.1 Å². The van der Waals surface area contributed by atoms with Gasteiger partial charge in [0.2, 0.25) is 0 Å². The SMILES string of the molecule is CC1=CC(O)C=C(c2ccc(C(C)(C)C)cc2)C=C1. The monoisotopic (exact) mass is 254 g/mol. The van der Waals surface area contributed by atoms with Crippen molar-refractivity contribution in [1.82, 2.24) is 0 Å². The third-order valence-electron chi connectivity index (χ3n) is 3.39. The second-order valence-corrected chi connectivity index (χ2v) is 6.18. The molecule has 0 saturated carbocycles. The molecule has 1 aromatic rings. The maximum Gasteiger partial charge on any atom is 0.0917 e. The normalized spacial score (nSPS) is 19.7. The van der Waals surface area contributed by atoms with E-state index in [0.717, 1.165) is 16.7 Å². The highest BCUT2D eigenvalue weighted by Crippen LogP contribution is 2.26. The van der Waals surface area contributed by atoms with Crippen molar-refractivity contribution in [3.8, 4) is 0 Å². The minimum Gasteiger partial charge on any atom is -0.385 e. The maximum absolute atomic E-state index is 9.88. The molecule has 2 rings (SSSR count). The first-order valence-corrected chi connectivity index (χ1v) is 6.73. The molecule has 1 aliphatic carbocycles. The molecule has 1 nitrogen and oxygen atoms in total. The van der Waals surface area contributed by atoms with Crippen LogP contribution in [-0.4, -0.2) is 11.2 Å². The summed E-state index contributed by atoms with van der Waals surface area (Å²) >= 11 is 0. The summed E-state index contributed by atoms with van der Waals surface area (Å²) in [5.74, 6) is 0. The minimum absolute atomic E-state index is 0.170. The van der Waals surface area contributed by atoms with E-state index >= 15 is 0 Å². The number of rotatable bonds is 1. The molecule has 0 spiro atoms. The molecule has 0 aliphatic heterocycles. The van der Waals surface area contributed by atoms with Gasteiger partial charge in [-0.3, -0.25) is 0 Å². The lowest BCUT2D eigenvalue weighted by Crippen LogP contribution is -2.10. The summed E-state index contributed by atoms with van der Waals surface area (Å²) in [6.45, 7) is 8.64. The van der Waals surface area contributed by atoms with Crippen molar-refractivity contribution in [1.29, 1.82) is 0 Å². The Morgan fingerprint density at radius 3 is 2.16 bits per heavy atom. The molecule has 0 bridgehead atoms. The quantitative estimate of drug-likeness (QED) is 0.794. The topological polar surface area (TPSA) is 20.2 Å². The average Bonchev–Trinajstić information content (AvgIpc) is 2.49. The summed E-state index contributed by atoms with van der Waals surface area (Å²) in [6.07, 6.45) is 7.34.